The number of imide groups is 2. The zero-order valence-corrected chi connectivity index (χ0v) is 11.2. The maximum absolute atomic E-state index is 11.4. The molecule has 0 saturated heterocycles. The first-order valence-electron chi connectivity index (χ1n) is 6.56. The Morgan fingerprint density at radius 1 is 0.850 bits per heavy atom. The molecule has 1 unspecified atom stereocenters. The molecule has 0 bridgehead atoms. The Bertz CT molecular complexity index is 485. The second-order valence-corrected chi connectivity index (χ2v) is 5.03. The summed E-state index contributed by atoms with van der Waals surface area (Å²) in [6, 6.07) is 0. The number of hydrogen-bond donors (Lipinski definition) is 0. The van der Waals surface area contributed by atoms with Gasteiger partial charge in [-0.15, -0.1) is 0 Å². The molecule has 2 aliphatic rings. The number of carbonyl (C=O) groups is 4. The lowest BCUT2D eigenvalue weighted by Crippen LogP contribution is -2.35. The monoisotopic (exact) mass is 276 g/mol. The highest BCUT2D eigenvalue weighted by atomic mass is 16.2. The smallest absolute Gasteiger partial charge is 0.253 e. The Morgan fingerprint density at radius 2 is 1.30 bits per heavy atom. The van der Waals surface area contributed by atoms with E-state index in [1.54, 1.807) is 0 Å². The van der Waals surface area contributed by atoms with Crippen LogP contribution in [0.5, 0.6) is 0 Å². The molecule has 0 saturated carbocycles. The summed E-state index contributed by atoms with van der Waals surface area (Å²) in [5.74, 6) is -0.996. The average Bonchev–Trinajstić information content (AvgIpc) is 2.88. The molecule has 0 N–H and O–H groups in total. The summed E-state index contributed by atoms with van der Waals surface area (Å²) >= 11 is 0. The van der Waals surface area contributed by atoms with Gasteiger partial charge in [-0.2, -0.15) is 0 Å². The Hall–Kier alpha value is -2.24. The molecule has 2 rings (SSSR count). The first-order valence-corrected chi connectivity index (χ1v) is 6.56. The minimum absolute atomic E-state index is 0.128. The zero-order chi connectivity index (χ0) is 14.7. The maximum Gasteiger partial charge on any atom is 0.253 e. The second-order valence-electron chi connectivity index (χ2n) is 5.03. The van der Waals surface area contributed by atoms with Crippen LogP contribution >= 0.6 is 0 Å². The predicted molar refractivity (Wildman–Crippen MR) is 70.1 cm³/mol. The van der Waals surface area contributed by atoms with Crippen molar-refractivity contribution >= 4 is 23.6 Å². The Balaban J connectivity index is 1.72. The van der Waals surface area contributed by atoms with E-state index >= 15 is 0 Å². The lowest BCUT2D eigenvalue weighted by atomic mass is 10.0. The minimum atomic E-state index is -0.282. The number of hydrogen-bond acceptors (Lipinski definition) is 4. The van der Waals surface area contributed by atoms with Crippen LogP contribution in [-0.2, 0) is 19.2 Å². The fourth-order valence-corrected chi connectivity index (χ4v) is 2.26. The van der Waals surface area contributed by atoms with Crippen molar-refractivity contribution in [2.24, 2.45) is 5.92 Å². The molecule has 0 radical (unpaired) electrons. The summed E-state index contributed by atoms with van der Waals surface area (Å²) in [5.41, 5.74) is 0. The highest BCUT2D eigenvalue weighted by Crippen LogP contribution is 2.13. The van der Waals surface area contributed by atoms with Crippen LogP contribution in [0.4, 0.5) is 0 Å². The molecule has 1 atom stereocenters. The molecular formula is C14H16N2O4. The lowest BCUT2D eigenvalue weighted by molar-refractivity contribution is -0.138. The van der Waals surface area contributed by atoms with E-state index in [9.17, 15) is 19.2 Å². The van der Waals surface area contributed by atoms with Gasteiger partial charge in [-0.25, -0.2) is 0 Å². The summed E-state index contributed by atoms with van der Waals surface area (Å²) in [4.78, 5) is 47.9. The van der Waals surface area contributed by atoms with Gasteiger partial charge in [-0.1, -0.05) is 6.92 Å². The topological polar surface area (TPSA) is 74.8 Å². The standard InChI is InChI=1S/C14H16N2O4/c1-10(9-16-13(19)6-7-14(16)20)3-2-8-15-11(17)4-5-12(15)18/h4-7,10H,2-3,8-9H2,1H3. The molecule has 0 fully saturated rings. The molecule has 20 heavy (non-hydrogen) atoms. The molecular weight excluding hydrogens is 260 g/mol. The summed E-state index contributed by atoms with van der Waals surface area (Å²) in [7, 11) is 0. The molecule has 0 aromatic carbocycles. The van der Waals surface area contributed by atoms with Crippen LogP contribution in [0.15, 0.2) is 24.3 Å². The first-order chi connectivity index (χ1) is 9.49. The third kappa shape index (κ3) is 3.01. The van der Waals surface area contributed by atoms with E-state index in [4.69, 9.17) is 0 Å². The van der Waals surface area contributed by atoms with Crippen molar-refractivity contribution in [2.75, 3.05) is 13.1 Å². The van der Waals surface area contributed by atoms with E-state index in [0.717, 1.165) is 6.42 Å². The Labute approximate surface area is 116 Å². The first kappa shape index (κ1) is 14.2. The van der Waals surface area contributed by atoms with Crippen molar-refractivity contribution in [3.63, 3.8) is 0 Å². The molecule has 0 aromatic heterocycles. The minimum Gasteiger partial charge on any atom is -0.275 e. The second kappa shape index (κ2) is 5.81. The number of rotatable bonds is 6. The predicted octanol–water partition coefficient (Wildman–Crippen LogP) is 0.253. The van der Waals surface area contributed by atoms with Crippen LogP contribution in [0, 0.1) is 5.92 Å². The van der Waals surface area contributed by atoms with Crippen LogP contribution in [0.3, 0.4) is 0 Å². The van der Waals surface area contributed by atoms with Gasteiger partial charge in [-0.05, 0) is 18.8 Å². The highest BCUT2D eigenvalue weighted by molar-refractivity contribution is 6.13. The Morgan fingerprint density at radius 3 is 1.80 bits per heavy atom. The summed E-state index contributed by atoms with van der Waals surface area (Å²) in [6.45, 7) is 2.67. The van der Waals surface area contributed by atoms with Gasteiger partial charge in [0.1, 0.15) is 0 Å². The van der Waals surface area contributed by atoms with Crippen LogP contribution in [0.2, 0.25) is 0 Å². The van der Waals surface area contributed by atoms with Crippen molar-refractivity contribution in [1.82, 2.24) is 9.80 Å². The third-order valence-electron chi connectivity index (χ3n) is 3.37. The molecule has 0 aromatic rings. The Kier molecular flexibility index (Phi) is 4.12. The number of amides is 4. The molecule has 0 spiro atoms. The average molecular weight is 276 g/mol. The van der Waals surface area contributed by atoms with Gasteiger partial charge in [0.15, 0.2) is 0 Å². The van der Waals surface area contributed by atoms with Gasteiger partial charge in [0.25, 0.3) is 23.6 Å². The largest absolute Gasteiger partial charge is 0.275 e. The van der Waals surface area contributed by atoms with Gasteiger partial charge in [0.2, 0.25) is 0 Å². The molecule has 0 aliphatic carbocycles. The van der Waals surface area contributed by atoms with Crippen molar-refractivity contribution in [1.29, 1.82) is 0 Å². The van der Waals surface area contributed by atoms with E-state index in [-0.39, 0.29) is 29.5 Å². The number of nitrogens with zero attached hydrogens (tertiary/aromatic N) is 2. The van der Waals surface area contributed by atoms with Gasteiger partial charge in [0, 0.05) is 37.4 Å². The summed E-state index contributed by atoms with van der Waals surface area (Å²) in [5, 5.41) is 0. The number of carbonyl (C=O) groups excluding carboxylic acids is 4. The third-order valence-corrected chi connectivity index (χ3v) is 3.37. The van der Waals surface area contributed by atoms with Crippen molar-refractivity contribution in [3.05, 3.63) is 24.3 Å². The molecule has 2 aliphatic heterocycles. The van der Waals surface area contributed by atoms with E-state index in [2.05, 4.69) is 0 Å². The van der Waals surface area contributed by atoms with E-state index in [1.165, 1.54) is 34.1 Å². The van der Waals surface area contributed by atoms with Crippen LogP contribution in [0.1, 0.15) is 19.8 Å². The molecule has 2 heterocycles. The normalized spacial score (nSPS) is 19.6. The lowest BCUT2D eigenvalue weighted by Gasteiger charge is -2.20. The highest BCUT2D eigenvalue weighted by Gasteiger charge is 2.26. The van der Waals surface area contributed by atoms with Gasteiger partial charge < -0.3 is 0 Å². The van der Waals surface area contributed by atoms with Crippen LogP contribution < -0.4 is 0 Å². The molecule has 6 heteroatoms. The summed E-state index contributed by atoms with van der Waals surface area (Å²) in [6.07, 6.45) is 6.45. The van der Waals surface area contributed by atoms with Crippen LogP contribution in [0.25, 0.3) is 0 Å². The van der Waals surface area contributed by atoms with Crippen molar-refractivity contribution < 1.29 is 19.2 Å². The fraction of sp³-hybridized carbons (Fsp3) is 0.429. The van der Waals surface area contributed by atoms with E-state index in [1.807, 2.05) is 6.92 Å². The quantitative estimate of drug-likeness (QED) is 0.652. The van der Waals surface area contributed by atoms with Gasteiger partial charge >= 0.3 is 0 Å². The van der Waals surface area contributed by atoms with Gasteiger partial charge in [0.05, 0.1) is 0 Å². The summed E-state index contributed by atoms with van der Waals surface area (Å²) < 4.78 is 0. The molecule has 106 valence electrons. The molecule has 6 nitrogen and oxygen atoms in total. The van der Waals surface area contributed by atoms with Crippen molar-refractivity contribution in [3.8, 4) is 0 Å². The fourth-order valence-electron chi connectivity index (χ4n) is 2.26. The van der Waals surface area contributed by atoms with E-state index in [0.29, 0.717) is 19.5 Å². The molecule has 4 amide bonds. The van der Waals surface area contributed by atoms with Crippen LogP contribution in [-0.4, -0.2) is 46.5 Å². The maximum atomic E-state index is 11.4. The van der Waals surface area contributed by atoms with E-state index < -0.39 is 0 Å². The van der Waals surface area contributed by atoms with Crippen molar-refractivity contribution in [2.45, 2.75) is 19.8 Å². The SMILES string of the molecule is CC(CCCN1C(=O)C=CC1=O)CN1C(=O)C=CC1=O. The zero-order valence-electron chi connectivity index (χ0n) is 11.2. The van der Waals surface area contributed by atoms with Gasteiger partial charge in [-0.3, -0.25) is 29.0 Å².